The van der Waals surface area contributed by atoms with E-state index < -0.39 is 0 Å². The van der Waals surface area contributed by atoms with Gasteiger partial charge in [-0.25, -0.2) is 4.98 Å². The summed E-state index contributed by atoms with van der Waals surface area (Å²) in [4.78, 5) is 30.4. The zero-order chi connectivity index (χ0) is 21.8. The Morgan fingerprint density at radius 1 is 1.00 bits per heavy atom. The number of nitrogens with zero attached hydrogens (tertiary/aromatic N) is 2. The van der Waals surface area contributed by atoms with Gasteiger partial charge in [0.1, 0.15) is 0 Å². The van der Waals surface area contributed by atoms with E-state index >= 15 is 0 Å². The van der Waals surface area contributed by atoms with Crippen molar-refractivity contribution in [1.82, 2.24) is 9.55 Å². The van der Waals surface area contributed by atoms with Gasteiger partial charge < -0.3 is 5.32 Å². The average Bonchev–Trinajstić information content (AvgIpc) is 2.77. The van der Waals surface area contributed by atoms with Crippen molar-refractivity contribution in [3.8, 4) is 5.69 Å². The van der Waals surface area contributed by atoms with Crippen molar-refractivity contribution >= 4 is 34.3 Å². The van der Waals surface area contributed by atoms with Crippen molar-refractivity contribution in [3.05, 3.63) is 94.3 Å². The second-order valence-corrected chi connectivity index (χ2v) is 8.41. The van der Waals surface area contributed by atoms with E-state index in [-0.39, 0.29) is 11.5 Å². The monoisotopic (exact) mass is 429 g/mol. The number of nitrogens with one attached hydrogen (secondary N) is 1. The maximum Gasteiger partial charge on any atom is 0.266 e. The number of carbonyl (C=O) groups excluding carboxylic acids is 1. The SMILES string of the molecule is Cc1ccc(C)c(NC(=O)CCSc2nc3ccccc3c(=O)n2-c2ccccc2)c1. The first-order chi connectivity index (χ1) is 15.0. The highest BCUT2D eigenvalue weighted by Crippen LogP contribution is 2.22. The van der Waals surface area contributed by atoms with E-state index in [1.54, 1.807) is 10.6 Å². The van der Waals surface area contributed by atoms with Crippen LogP contribution in [0.15, 0.2) is 82.7 Å². The second kappa shape index (κ2) is 9.18. The predicted octanol–water partition coefficient (Wildman–Crippen LogP) is 5.12. The van der Waals surface area contributed by atoms with Crippen molar-refractivity contribution in [2.24, 2.45) is 0 Å². The van der Waals surface area contributed by atoms with Gasteiger partial charge in [-0.3, -0.25) is 14.2 Å². The molecule has 0 bridgehead atoms. The zero-order valence-electron chi connectivity index (χ0n) is 17.5. The molecule has 1 amide bonds. The van der Waals surface area contributed by atoms with Gasteiger partial charge in [-0.05, 0) is 55.3 Å². The van der Waals surface area contributed by atoms with E-state index in [9.17, 15) is 9.59 Å². The molecule has 0 saturated heterocycles. The lowest BCUT2D eigenvalue weighted by molar-refractivity contribution is -0.115. The summed E-state index contributed by atoms with van der Waals surface area (Å²) in [6.07, 6.45) is 0.315. The summed E-state index contributed by atoms with van der Waals surface area (Å²) in [6.45, 7) is 3.97. The van der Waals surface area contributed by atoms with Crippen molar-refractivity contribution in [1.29, 1.82) is 0 Å². The molecule has 0 spiro atoms. The van der Waals surface area contributed by atoms with Crippen molar-refractivity contribution < 1.29 is 4.79 Å². The lowest BCUT2D eigenvalue weighted by Crippen LogP contribution is -2.22. The lowest BCUT2D eigenvalue weighted by Gasteiger charge is -2.13. The predicted molar refractivity (Wildman–Crippen MR) is 127 cm³/mol. The molecule has 0 aliphatic heterocycles. The third-order valence-corrected chi connectivity index (χ3v) is 5.93. The number of anilines is 1. The molecule has 4 aromatic rings. The largest absolute Gasteiger partial charge is 0.326 e. The number of rotatable bonds is 6. The van der Waals surface area contributed by atoms with Crippen LogP contribution in [0.3, 0.4) is 0 Å². The summed E-state index contributed by atoms with van der Waals surface area (Å²) >= 11 is 1.41. The maximum atomic E-state index is 13.2. The molecule has 1 heterocycles. The van der Waals surface area contributed by atoms with Gasteiger partial charge in [0, 0.05) is 17.9 Å². The van der Waals surface area contributed by atoms with Gasteiger partial charge in [0.15, 0.2) is 5.16 Å². The molecule has 0 atom stereocenters. The van der Waals surface area contributed by atoms with Crippen LogP contribution in [0.4, 0.5) is 5.69 Å². The Labute approximate surface area is 185 Å². The van der Waals surface area contributed by atoms with E-state index in [1.165, 1.54) is 11.8 Å². The highest BCUT2D eigenvalue weighted by molar-refractivity contribution is 7.99. The van der Waals surface area contributed by atoms with Crippen LogP contribution in [0.25, 0.3) is 16.6 Å². The Morgan fingerprint density at radius 2 is 1.74 bits per heavy atom. The van der Waals surface area contributed by atoms with Crippen LogP contribution in [0.5, 0.6) is 0 Å². The highest BCUT2D eigenvalue weighted by Gasteiger charge is 2.14. The number of hydrogen-bond donors (Lipinski definition) is 1. The number of carbonyl (C=O) groups is 1. The number of fused-ring (bicyclic) bond motifs is 1. The molecule has 0 fully saturated rings. The quantitative estimate of drug-likeness (QED) is 0.341. The van der Waals surface area contributed by atoms with Crippen LogP contribution < -0.4 is 10.9 Å². The second-order valence-electron chi connectivity index (χ2n) is 7.35. The van der Waals surface area contributed by atoms with Crippen LogP contribution in [0.2, 0.25) is 0 Å². The third-order valence-electron chi connectivity index (χ3n) is 4.99. The summed E-state index contributed by atoms with van der Waals surface area (Å²) in [5.74, 6) is 0.449. The fourth-order valence-corrected chi connectivity index (χ4v) is 4.28. The van der Waals surface area contributed by atoms with Crippen LogP contribution >= 0.6 is 11.8 Å². The number of amides is 1. The Balaban J connectivity index is 1.56. The minimum atomic E-state index is -0.112. The summed E-state index contributed by atoms with van der Waals surface area (Å²) < 4.78 is 1.62. The van der Waals surface area contributed by atoms with Gasteiger partial charge in [0.05, 0.1) is 16.6 Å². The molecule has 1 aromatic heterocycles. The average molecular weight is 430 g/mol. The molecular weight excluding hydrogens is 406 g/mol. The zero-order valence-corrected chi connectivity index (χ0v) is 18.3. The van der Waals surface area contributed by atoms with Crippen LogP contribution in [0.1, 0.15) is 17.5 Å². The van der Waals surface area contributed by atoms with Gasteiger partial charge in [-0.2, -0.15) is 0 Å². The maximum absolute atomic E-state index is 13.2. The molecule has 0 radical (unpaired) electrons. The van der Waals surface area contributed by atoms with E-state index in [1.807, 2.05) is 80.6 Å². The molecule has 1 N–H and O–H groups in total. The summed E-state index contributed by atoms with van der Waals surface area (Å²) in [7, 11) is 0. The standard InChI is InChI=1S/C25H23N3O2S/c1-17-12-13-18(2)22(16-17)26-23(29)14-15-31-25-27-21-11-7-6-10-20(21)24(30)28(25)19-8-4-3-5-9-19/h3-13,16H,14-15H2,1-2H3,(H,26,29). The Hall–Kier alpha value is -3.38. The molecule has 156 valence electrons. The van der Waals surface area contributed by atoms with E-state index in [0.29, 0.717) is 28.2 Å². The smallest absolute Gasteiger partial charge is 0.266 e. The number of thioether (sulfide) groups is 1. The third kappa shape index (κ3) is 4.70. The molecule has 4 rings (SSSR count). The fraction of sp³-hybridized carbons (Fsp3) is 0.160. The summed E-state index contributed by atoms with van der Waals surface area (Å²) in [6, 6.07) is 22.8. The first-order valence-electron chi connectivity index (χ1n) is 10.1. The molecule has 31 heavy (non-hydrogen) atoms. The number of para-hydroxylation sites is 2. The van der Waals surface area contributed by atoms with Gasteiger partial charge in [0.2, 0.25) is 5.91 Å². The summed E-state index contributed by atoms with van der Waals surface area (Å²) in [5.41, 5.74) is 4.26. The van der Waals surface area contributed by atoms with E-state index in [0.717, 1.165) is 22.5 Å². The number of aromatic nitrogens is 2. The van der Waals surface area contributed by atoms with Gasteiger partial charge in [-0.15, -0.1) is 0 Å². The normalized spacial score (nSPS) is 10.9. The van der Waals surface area contributed by atoms with Gasteiger partial charge in [0.25, 0.3) is 5.56 Å². The summed E-state index contributed by atoms with van der Waals surface area (Å²) in [5, 5.41) is 4.13. The molecule has 0 aliphatic rings. The molecule has 0 aliphatic carbocycles. The topological polar surface area (TPSA) is 64.0 Å². The van der Waals surface area contributed by atoms with E-state index in [2.05, 4.69) is 5.32 Å². The highest BCUT2D eigenvalue weighted by atomic mass is 32.2. The molecule has 5 nitrogen and oxygen atoms in total. The molecule has 6 heteroatoms. The number of benzene rings is 3. The molecular formula is C25H23N3O2S. The van der Waals surface area contributed by atoms with Crippen LogP contribution in [0, 0.1) is 13.8 Å². The minimum Gasteiger partial charge on any atom is -0.326 e. The minimum absolute atomic E-state index is 0.0596. The lowest BCUT2D eigenvalue weighted by atomic mass is 10.1. The van der Waals surface area contributed by atoms with Crippen molar-refractivity contribution in [2.75, 3.05) is 11.1 Å². The van der Waals surface area contributed by atoms with Gasteiger partial charge in [-0.1, -0.05) is 54.2 Å². The van der Waals surface area contributed by atoms with Crippen LogP contribution in [-0.4, -0.2) is 21.2 Å². The molecule has 0 saturated carbocycles. The number of aryl methyl sites for hydroxylation is 2. The fourth-order valence-electron chi connectivity index (χ4n) is 3.33. The first-order valence-corrected chi connectivity index (χ1v) is 11.1. The Morgan fingerprint density at radius 3 is 2.55 bits per heavy atom. The molecule has 0 unspecified atom stereocenters. The van der Waals surface area contributed by atoms with Crippen molar-refractivity contribution in [2.45, 2.75) is 25.4 Å². The van der Waals surface area contributed by atoms with Crippen LogP contribution in [-0.2, 0) is 4.79 Å². The Kier molecular flexibility index (Phi) is 6.18. The first kappa shape index (κ1) is 20.9. The van der Waals surface area contributed by atoms with Crippen molar-refractivity contribution in [3.63, 3.8) is 0 Å². The molecule has 3 aromatic carbocycles. The number of hydrogen-bond acceptors (Lipinski definition) is 4. The van der Waals surface area contributed by atoms with Gasteiger partial charge >= 0.3 is 0 Å². The van der Waals surface area contributed by atoms with E-state index in [4.69, 9.17) is 4.98 Å². The Bertz CT molecular complexity index is 1300.